The van der Waals surface area contributed by atoms with Crippen LogP contribution in [0.1, 0.15) is 18.4 Å². The van der Waals surface area contributed by atoms with Crippen LogP contribution in [-0.4, -0.2) is 35.4 Å². The number of aromatic nitrogens is 2. The molecule has 7 heteroatoms. The monoisotopic (exact) mass is 289 g/mol. The Morgan fingerprint density at radius 2 is 2.10 bits per heavy atom. The number of aliphatic imine (C=N–C) groups is 1. The fraction of sp³-hybridized carbons (Fsp3) is 0.429. The highest BCUT2D eigenvalue weighted by Crippen LogP contribution is 2.25. The second-order valence-electron chi connectivity index (χ2n) is 5.43. The van der Waals surface area contributed by atoms with Crippen molar-refractivity contribution in [3.63, 3.8) is 0 Å². The van der Waals surface area contributed by atoms with E-state index in [0.717, 1.165) is 31.5 Å². The molecule has 3 N–H and O–H groups in total. The van der Waals surface area contributed by atoms with Crippen LogP contribution in [0.5, 0.6) is 0 Å². The van der Waals surface area contributed by atoms with Crippen LogP contribution in [0.4, 0.5) is 4.39 Å². The smallest absolute Gasteiger partial charge is 0.180 e. The van der Waals surface area contributed by atoms with Gasteiger partial charge in [-0.15, -0.1) is 0 Å². The molecule has 110 valence electrons. The number of H-pyrrole nitrogens is 1. The molecule has 1 saturated heterocycles. The fourth-order valence-corrected chi connectivity index (χ4v) is 2.96. The highest BCUT2D eigenvalue weighted by atomic mass is 19.1. The third-order valence-electron chi connectivity index (χ3n) is 4.14. The number of halogens is 1. The van der Waals surface area contributed by atoms with E-state index in [9.17, 15) is 4.39 Å². The number of fused-ring (bicyclic) bond motifs is 1. The molecule has 0 spiro atoms. The van der Waals surface area contributed by atoms with Gasteiger partial charge in [0.25, 0.3) is 0 Å². The molecule has 1 unspecified atom stereocenters. The van der Waals surface area contributed by atoms with Crippen LogP contribution in [0, 0.1) is 11.7 Å². The summed E-state index contributed by atoms with van der Waals surface area (Å²) >= 11 is 0. The van der Waals surface area contributed by atoms with Crippen molar-refractivity contribution in [2.24, 2.45) is 10.9 Å². The lowest BCUT2D eigenvalue weighted by Gasteiger charge is -2.24. The first-order valence-corrected chi connectivity index (χ1v) is 7.15. The Labute approximate surface area is 120 Å². The molecular weight excluding hydrogens is 273 g/mol. The van der Waals surface area contributed by atoms with Crippen LogP contribution in [0.15, 0.2) is 23.3 Å². The van der Waals surface area contributed by atoms with Crippen LogP contribution >= 0.6 is 0 Å². The molecule has 6 nitrogen and oxygen atoms in total. The molecule has 0 saturated carbocycles. The number of nitrogens with zero attached hydrogens (tertiary/aromatic N) is 2. The summed E-state index contributed by atoms with van der Waals surface area (Å²) in [7, 11) is 0. The van der Waals surface area contributed by atoms with E-state index in [4.69, 9.17) is 4.84 Å². The normalized spacial score (nSPS) is 23.3. The van der Waals surface area contributed by atoms with Gasteiger partial charge < -0.3 is 5.32 Å². The maximum atomic E-state index is 13.7. The lowest BCUT2D eigenvalue weighted by molar-refractivity contribution is -0.00712. The number of hydroxylamine groups is 1. The van der Waals surface area contributed by atoms with Crippen LogP contribution in [0.25, 0.3) is 10.9 Å². The van der Waals surface area contributed by atoms with E-state index in [0.29, 0.717) is 22.7 Å². The van der Waals surface area contributed by atoms with Gasteiger partial charge in [-0.3, -0.25) is 5.10 Å². The highest BCUT2D eigenvalue weighted by molar-refractivity contribution is 6.09. The van der Waals surface area contributed by atoms with Crippen molar-refractivity contribution < 1.29 is 9.23 Å². The van der Waals surface area contributed by atoms with E-state index in [-0.39, 0.29) is 12.0 Å². The summed E-state index contributed by atoms with van der Waals surface area (Å²) in [5.74, 6) is 0.738. The van der Waals surface area contributed by atoms with Gasteiger partial charge in [0.2, 0.25) is 0 Å². The molecule has 2 aliphatic heterocycles. The van der Waals surface area contributed by atoms with Crippen LogP contribution in [-0.2, 0) is 4.84 Å². The zero-order valence-electron chi connectivity index (χ0n) is 11.4. The number of hydrogen-bond donors (Lipinski definition) is 3. The lowest BCUT2D eigenvalue weighted by atomic mass is 9.96. The molecule has 0 aliphatic carbocycles. The molecule has 2 aliphatic rings. The summed E-state index contributed by atoms with van der Waals surface area (Å²) in [6.45, 7) is 2.00. The first-order chi connectivity index (χ1) is 10.3. The van der Waals surface area contributed by atoms with Crippen LogP contribution < -0.4 is 10.8 Å². The number of piperidine rings is 1. The van der Waals surface area contributed by atoms with E-state index >= 15 is 0 Å². The molecule has 3 heterocycles. The molecule has 2 aromatic rings. The van der Waals surface area contributed by atoms with Gasteiger partial charge in [-0.05, 0) is 38.1 Å². The van der Waals surface area contributed by atoms with Crippen molar-refractivity contribution in [2.75, 3.05) is 13.1 Å². The maximum Gasteiger partial charge on any atom is 0.180 e. The minimum absolute atomic E-state index is 0.172. The number of rotatable bonds is 2. The summed E-state index contributed by atoms with van der Waals surface area (Å²) in [6.07, 6.45) is 3.53. The van der Waals surface area contributed by atoms with Gasteiger partial charge in [0.15, 0.2) is 12.1 Å². The predicted octanol–water partition coefficient (Wildman–Crippen LogP) is 1.31. The van der Waals surface area contributed by atoms with Gasteiger partial charge in [-0.2, -0.15) is 5.10 Å². The number of amidine groups is 1. The van der Waals surface area contributed by atoms with Gasteiger partial charge in [0.1, 0.15) is 11.3 Å². The molecule has 1 aromatic carbocycles. The quantitative estimate of drug-likeness (QED) is 0.779. The fourth-order valence-electron chi connectivity index (χ4n) is 2.96. The number of nitrogens with one attached hydrogen (secondary N) is 3. The minimum atomic E-state index is -0.319. The molecular formula is C14H16FN5O. The molecule has 0 amide bonds. The zero-order chi connectivity index (χ0) is 14.2. The van der Waals surface area contributed by atoms with Gasteiger partial charge in [-0.1, -0.05) is 0 Å². The van der Waals surface area contributed by atoms with E-state index in [1.165, 1.54) is 6.07 Å². The van der Waals surface area contributed by atoms with E-state index < -0.39 is 0 Å². The molecule has 0 bridgehead atoms. The second-order valence-corrected chi connectivity index (χ2v) is 5.43. The van der Waals surface area contributed by atoms with Crippen molar-refractivity contribution in [3.05, 3.63) is 29.7 Å². The average molecular weight is 289 g/mol. The summed E-state index contributed by atoms with van der Waals surface area (Å²) in [4.78, 5) is 10.2. The second kappa shape index (κ2) is 5.09. The molecule has 1 aromatic heterocycles. The van der Waals surface area contributed by atoms with Crippen LogP contribution in [0.3, 0.4) is 0 Å². The van der Waals surface area contributed by atoms with Crippen molar-refractivity contribution in [1.29, 1.82) is 0 Å². The molecule has 1 atom stereocenters. The van der Waals surface area contributed by atoms with Crippen molar-refractivity contribution in [3.8, 4) is 0 Å². The minimum Gasteiger partial charge on any atom is -0.317 e. The van der Waals surface area contributed by atoms with Crippen molar-refractivity contribution in [1.82, 2.24) is 21.0 Å². The number of aromatic amines is 1. The third kappa shape index (κ3) is 2.18. The van der Waals surface area contributed by atoms with Gasteiger partial charge in [-0.25, -0.2) is 19.7 Å². The van der Waals surface area contributed by atoms with E-state index in [1.54, 1.807) is 12.3 Å². The Kier molecular flexibility index (Phi) is 3.08. The first-order valence-electron chi connectivity index (χ1n) is 7.15. The largest absolute Gasteiger partial charge is 0.317 e. The Morgan fingerprint density at radius 3 is 2.95 bits per heavy atom. The summed E-state index contributed by atoms with van der Waals surface area (Å²) in [5.41, 5.74) is 4.08. The van der Waals surface area contributed by atoms with Gasteiger partial charge >= 0.3 is 0 Å². The number of benzene rings is 1. The highest BCUT2D eigenvalue weighted by Gasteiger charge is 2.29. The van der Waals surface area contributed by atoms with Gasteiger partial charge in [0.05, 0.1) is 6.20 Å². The van der Waals surface area contributed by atoms with Crippen LogP contribution in [0.2, 0.25) is 0 Å². The predicted molar refractivity (Wildman–Crippen MR) is 76.2 cm³/mol. The van der Waals surface area contributed by atoms with E-state index in [1.807, 2.05) is 0 Å². The zero-order valence-corrected chi connectivity index (χ0v) is 11.4. The average Bonchev–Trinajstić information content (AvgIpc) is 3.18. The Bertz CT molecular complexity index is 692. The summed E-state index contributed by atoms with van der Waals surface area (Å²) in [5, 5.41) is 10.6. The Balaban J connectivity index is 1.66. The lowest BCUT2D eigenvalue weighted by Crippen LogP contribution is -2.34. The summed E-state index contributed by atoms with van der Waals surface area (Å²) < 4.78 is 13.7. The topological polar surface area (TPSA) is 74.3 Å². The van der Waals surface area contributed by atoms with Gasteiger partial charge in [0, 0.05) is 16.9 Å². The Morgan fingerprint density at radius 1 is 1.24 bits per heavy atom. The molecule has 4 rings (SSSR count). The Hall–Kier alpha value is -1.99. The molecule has 21 heavy (non-hydrogen) atoms. The molecule has 1 fully saturated rings. The number of hydrogen-bond acceptors (Lipinski definition) is 5. The summed E-state index contributed by atoms with van der Waals surface area (Å²) in [6, 6.07) is 3.12. The molecule has 0 radical (unpaired) electrons. The maximum absolute atomic E-state index is 13.7. The van der Waals surface area contributed by atoms with E-state index in [2.05, 4.69) is 26.0 Å². The SMILES string of the molecule is Fc1ccc(C2=NC(C3CCNCC3)ON2)c2cn[nH]c12. The van der Waals surface area contributed by atoms with Crippen molar-refractivity contribution in [2.45, 2.75) is 19.1 Å². The van der Waals surface area contributed by atoms with Crippen molar-refractivity contribution >= 4 is 16.7 Å². The first kappa shape index (κ1) is 12.7. The third-order valence-corrected chi connectivity index (χ3v) is 4.14. The standard InChI is InChI=1S/C14H16FN5O/c15-11-2-1-9(10-7-17-19-12(10)11)13-18-14(21-20-13)8-3-5-16-6-4-8/h1-2,7-8,14,16H,3-6H2,(H,17,19)(H,18,20).